The number of aromatic nitrogens is 2. The quantitative estimate of drug-likeness (QED) is 0.744. The number of hydrogen-bond acceptors (Lipinski definition) is 3. The van der Waals surface area contributed by atoms with Gasteiger partial charge in [-0.25, -0.2) is 13.4 Å². The van der Waals surface area contributed by atoms with E-state index in [0.717, 1.165) is 5.52 Å². The molecule has 4 nitrogen and oxygen atoms in total. The third-order valence-corrected chi connectivity index (χ3v) is 5.22. The van der Waals surface area contributed by atoms with Crippen molar-refractivity contribution in [3.05, 3.63) is 59.4 Å². The van der Waals surface area contributed by atoms with Crippen LogP contribution in [0.5, 0.6) is 0 Å². The molecule has 1 heterocycles. The van der Waals surface area contributed by atoms with Crippen LogP contribution in [0.4, 0.5) is 0 Å². The number of nitrogens with zero attached hydrogens (tertiary/aromatic N) is 2. The van der Waals surface area contributed by atoms with Gasteiger partial charge in [0.25, 0.3) is 0 Å². The van der Waals surface area contributed by atoms with Crippen LogP contribution >= 0.6 is 11.6 Å². The summed E-state index contributed by atoms with van der Waals surface area (Å²) in [6, 6.07) is 13.7. The third kappa shape index (κ3) is 2.66. The Hall–Kier alpha value is -1.85. The lowest BCUT2D eigenvalue weighted by Crippen LogP contribution is -2.09. The van der Waals surface area contributed by atoms with E-state index in [9.17, 15) is 8.42 Å². The molecule has 0 amide bonds. The fourth-order valence-corrected chi connectivity index (χ4v) is 3.74. The Kier molecular flexibility index (Phi) is 3.47. The van der Waals surface area contributed by atoms with Gasteiger partial charge in [-0.1, -0.05) is 29.8 Å². The van der Waals surface area contributed by atoms with Crippen molar-refractivity contribution >= 4 is 32.5 Å². The maximum Gasteiger partial charge on any atom is 0.185 e. The zero-order valence-electron chi connectivity index (χ0n) is 11.3. The van der Waals surface area contributed by atoms with E-state index in [1.54, 1.807) is 54.1 Å². The average Bonchev–Trinajstić information content (AvgIpc) is 2.75. The largest absolute Gasteiger partial charge is 0.330 e. The first-order chi connectivity index (χ1) is 9.97. The Bertz CT molecular complexity index is 902. The molecule has 0 radical (unpaired) electrons. The molecular weight excluding hydrogens is 308 g/mol. The zero-order chi connectivity index (χ0) is 15.0. The summed E-state index contributed by atoms with van der Waals surface area (Å²) < 4.78 is 26.6. The predicted octanol–water partition coefficient (Wildman–Crippen LogP) is 3.20. The Morgan fingerprint density at radius 2 is 1.86 bits per heavy atom. The van der Waals surface area contributed by atoms with Gasteiger partial charge in [-0.15, -0.1) is 0 Å². The fourth-order valence-electron chi connectivity index (χ4n) is 2.23. The minimum atomic E-state index is -3.41. The van der Waals surface area contributed by atoms with Crippen molar-refractivity contribution in [2.45, 2.75) is 10.6 Å². The molecular formula is C15H13ClN2O2S. The first-order valence-electron chi connectivity index (χ1n) is 6.36. The summed E-state index contributed by atoms with van der Waals surface area (Å²) in [6.07, 6.45) is 0. The van der Waals surface area contributed by atoms with Crippen LogP contribution in [0.1, 0.15) is 5.82 Å². The number of halogens is 1. The maximum absolute atomic E-state index is 12.4. The first kappa shape index (κ1) is 14.1. The minimum absolute atomic E-state index is 0.139. The number of benzene rings is 2. The molecule has 0 saturated carbocycles. The van der Waals surface area contributed by atoms with Crippen LogP contribution in [0.3, 0.4) is 0 Å². The highest BCUT2D eigenvalue weighted by molar-refractivity contribution is 7.90. The Morgan fingerprint density at radius 3 is 2.57 bits per heavy atom. The van der Waals surface area contributed by atoms with Crippen molar-refractivity contribution in [1.29, 1.82) is 0 Å². The number of hydrogen-bond donors (Lipinski definition) is 0. The monoisotopic (exact) mass is 320 g/mol. The van der Waals surface area contributed by atoms with Crippen LogP contribution in [0.2, 0.25) is 5.02 Å². The van der Waals surface area contributed by atoms with Crippen molar-refractivity contribution < 1.29 is 8.42 Å². The van der Waals surface area contributed by atoms with E-state index in [-0.39, 0.29) is 5.75 Å². The smallest absolute Gasteiger partial charge is 0.185 e. The predicted molar refractivity (Wildman–Crippen MR) is 83.1 cm³/mol. The van der Waals surface area contributed by atoms with Gasteiger partial charge in [-0.2, -0.15) is 0 Å². The van der Waals surface area contributed by atoms with Crippen LogP contribution in [-0.2, 0) is 22.6 Å². The molecule has 0 aliphatic rings. The normalized spacial score (nSPS) is 11.9. The second-order valence-electron chi connectivity index (χ2n) is 4.79. The zero-order valence-corrected chi connectivity index (χ0v) is 12.9. The summed E-state index contributed by atoms with van der Waals surface area (Å²) in [4.78, 5) is 4.68. The molecule has 2 aromatic carbocycles. The molecule has 108 valence electrons. The van der Waals surface area contributed by atoms with Gasteiger partial charge in [0, 0.05) is 12.1 Å². The van der Waals surface area contributed by atoms with E-state index in [1.807, 2.05) is 6.07 Å². The van der Waals surface area contributed by atoms with Crippen LogP contribution in [0, 0.1) is 0 Å². The van der Waals surface area contributed by atoms with Crippen molar-refractivity contribution in [2.75, 3.05) is 0 Å². The van der Waals surface area contributed by atoms with Crippen LogP contribution in [0.15, 0.2) is 53.4 Å². The lowest BCUT2D eigenvalue weighted by molar-refractivity contribution is 0.592. The van der Waals surface area contributed by atoms with Crippen molar-refractivity contribution in [3.8, 4) is 0 Å². The SMILES string of the molecule is Cn1c(CS(=O)(=O)c2ccccc2)nc2cc(Cl)ccc21. The van der Waals surface area contributed by atoms with Gasteiger partial charge in [-0.3, -0.25) is 0 Å². The summed E-state index contributed by atoms with van der Waals surface area (Å²) in [5, 5.41) is 0.582. The van der Waals surface area contributed by atoms with E-state index in [0.29, 0.717) is 21.3 Å². The van der Waals surface area contributed by atoms with Crippen molar-refractivity contribution in [3.63, 3.8) is 0 Å². The molecule has 0 bridgehead atoms. The summed E-state index contributed by atoms with van der Waals surface area (Å²) in [7, 11) is -1.61. The van der Waals surface area contributed by atoms with Gasteiger partial charge < -0.3 is 4.57 Å². The van der Waals surface area contributed by atoms with Crippen LogP contribution in [0.25, 0.3) is 11.0 Å². The van der Waals surface area contributed by atoms with Crippen molar-refractivity contribution in [2.24, 2.45) is 7.05 Å². The van der Waals surface area contributed by atoms with E-state index >= 15 is 0 Å². The topological polar surface area (TPSA) is 52.0 Å². The van der Waals surface area contributed by atoms with E-state index < -0.39 is 9.84 Å². The van der Waals surface area contributed by atoms with E-state index in [4.69, 9.17) is 11.6 Å². The highest BCUT2D eigenvalue weighted by Gasteiger charge is 2.19. The van der Waals surface area contributed by atoms with E-state index in [2.05, 4.69) is 4.98 Å². The molecule has 0 aliphatic heterocycles. The van der Waals surface area contributed by atoms with Gasteiger partial charge in [0.15, 0.2) is 9.84 Å². The van der Waals surface area contributed by atoms with Gasteiger partial charge in [0.2, 0.25) is 0 Å². The summed E-state index contributed by atoms with van der Waals surface area (Å²) in [6.45, 7) is 0. The first-order valence-corrected chi connectivity index (χ1v) is 8.39. The number of aryl methyl sites for hydroxylation is 1. The summed E-state index contributed by atoms with van der Waals surface area (Å²) in [5.41, 5.74) is 1.56. The molecule has 0 aliphatic carbocycles. The molecule has 3 rings (SSSR count). The van der Waals surface area contributed by atoms with Crippen molar-refractivity contribution in [1.82, 2.24) is 9.55 Å². The molecule has 3 aromatic rings. The summed E-state index contributed by atoms with van der Waals surface area (Å²) >= 11 is 5.94. The molecule has 6 heteroatoms. The second-order valence-corrected chi connectivity index (χ2v) is 7.22. The molecule has 0 spiro atoms. The fraction of sp³-hybridized carbons (Fsp3) is 0.133. The Balaban J connectivity index is 2.04. The van der Waals surface area contributed by atoms with Gasteiger partial charge in [0.1, 0.15) is 11.6 Å². The molecule has 1 aromatic heterocycles. The Morgan fingerprint density at radius 1 is 1.14 bits per heavy atom. The molecule has 0 saturated heterocycles. The second kappa shape index (κ2) is 5.16. The van der Waals surface area contributed by atoms with E-state index in [1.165, 1.54) is 0 Å². The molecule has 0 N–H and O–H groups in total. The van der Waals surface area contributed by atoms with Crippen LogP contribution < -0.4 is 0 Å². The summed E-state index contributed by atoms with van der Waals surface area (Å²) in [5.74, 6) is 0.357. The minimum Gasteiger partial charge on any atom is -0.330 e. The standard InChI is InChI=1S/C15H13ClN2O2S/c1-18-14-8-7-11(16)9-13(14)17-15(18)10-21(19,20)12-5-3-2-4-6-12/h2-9H,10H2,1H3. The molecule has 0 unspecified atom stereocenters. The highest BCUT2D eigenvalue weighted by atomic mass is 35.5. The number of imidazole rings is 1. The molecule has 21 heavy (non-hydrogen) atoms. The average molecular weight is 321 g/mol. The number of sulfone groups is 1. The highest BCUT2D eigenvalue weighted by Crippen LogP contribution is 2.22. The Labute approximate surface area is 127 Å². The number of rotatable bonds is 3. The molecule has 0 fully saturated rings. The lowest BCUT2D eigenvalue weighted by atomic mass is 10.3. The van der Waals surface area contributed by atoms with Gasteiger partial charge in [-0.05, 0) is 30.3 Å². The number of fused-ring (bicyclic) bond motifs is 1. The van der Waals surface area contributed by atoms with Crippen LogP contribution in [-0.4, -0.2) is 18.0 Å². The third-order valence-electron chi connectivity index (χ3n) is 3.36. The lowest BCUT2D eigenvalue weighted by Gasteiger charge is -2.04. The molecule has 0 atom stereocenters. The van der Waals surface area contributed by atoms with Gasteiger partial charge >= 0.3 is 0 Å². The maximum atomic E-state index is 12.4. The van der Waals surface area contributed by atoms with Gasteiger partial charge in [0.05, 0.1) is 15.9 Å².